The molecule has 0 saturated carbocycles. The number of halogens is 1. The molecule has 0 aliphatic carbocycles. The molecule has 1 N–H and O–H groups in total. The molecule has 0 aromatic carbocycles. The van der Waals surface area contributed by atoms with Crippen LogP contribution < -0.4 is 5.32 Å². The van der Waals surface area contributed by atoms with Crippen LogP contribution in [0.15, 0.2) is 6.20 Å². The van der Waals surface area contributed by atoms with Crippen molar-refractivity contribution in [2.24, 2.45) is 0 Å². The zero-order valence-corrected chi connectivity index (χ0v) is 12.0. The van der Waals surface area contributed by atoms with Gasteiger partial charge in [-0.05, 0) is 25.8 Å². The lowest BCUT2D eigenvalue weighted by atomic mass is 9.88. The number of nitrogens with zero attached hydrogens (tertiary/aromatic N) is 2. The molecule has 5 heteroatoms. The summed E-state index contributed by atoms with van der Waals surface area (Å²) in [5.41, 5.74) is 1.15. The second-order valence-electron chi connectivity index (χ2n) is 4.92. The maximum Gasteiger partial charge on any atom is 0.0837 e. The zero-order valence-electron chi connectivity index (χ0n) is 11.2. The SMILES string of the molecule is CCCC1(c2c(Cl)cnn2CCOC)CCCN1. The van der Waals surface area contributed by atoms with Gasteiger partial charge in [-0.15, -0.1) is 0 Å². The normalized spacial score (nSPS) is 23.7. The third-order valence-corrected chi connectivity index (χ3v) is 3.95. The van der Waals surface area contributed by atoms with Crippen LogP contribution in [0.1, 0.15) is 38.3 Å². The third kappa shape index (κ3) is 2.56. The standard InChI is InChI=1S/C13H22ClN3O/c1-3-5-13(6-4-7-15-13)12-11(14)10-16-17(12)8-9-18-2/h10,15H,3-9H2,1-2H3. The lowest BCUT2D eigenvalue weighted by Gasteiger charge is -2.30. The minimum atomic E-state index is 0.00999. The number of ether oxygens (including phenoxy) is 1. The van der Waals surface area contributed by atoms with Crippen molar-refractivity contribution in [1.82, 2.24) is 15.1 Å². The molecule has 2 rings (SSSR count). The van der Waals surface area contributed by atoms with E-state index in [2.05, 4.69) is 17.3 Å². The first-order valence-electron chi connectivity index (χ1n) is 6.69. The largest absolute Gasteiger partial charge is 0.383 e. The summed E-state index contributed by atoms with van der Waals surface area (Å²) >= 11 is 6.37. The van der Waals surface area contributed by atoms with E-state index in [-0.39, 0.29) is 5.54 Å². The Morgan fingerprint density at radius 1 is 1.61 bits per heavy atom. The minimum absolute atomic E-state index is 0.00999. The maximum atomic E-state index is 6.37. The molecule has 2 heterocycles. The lowest BCUT2D eigenvalue weighted by molar-refractivity contribution is 0.179. The van der Waals surface area contributed by atoms with E-state index in [0.29, 0.717) is 6.61 Å². The highest BCUT2D eigenvalue weighted by Gasteiger charge is 2.38. The topological polar surface area (TPSA) is 39.1 Å². The number of aromatic nitrogens is 2. The number of nitrogens with one attached hydrogen (secondary N) is 1. The summed E-state index contributed by atoms with van der Waals surface area (Å²) in [5, 5.41) is 8.81. The first kappa shape index (κ1) is 13.8. The zero-order chi connectivity index (χ0) is 13.0. The quantitative estimate of drug-likeness (QED) is 0.864. The van der Waals surface area contributed by atoms with E-state index in [9.17, 15) is 0 Å². The Balaban J connectivity index is 2.31. The first-order chi connectivity index (χ1) is 8.73. The molecule has 1 atom stereocenters. The highest BCUT2D eigenvalue weighted by Crippen LogP contribution is 2.38. The van der Waals surface area contributed by atoms with Crippen LogP contribution in [0.3, 0.4) is 0 Å². The third-order valence-electron chi connectivity index (χ3n) is 3.68. The molecular weight excluding hydrogens is 250 g/mol. The molecule has 1 unspecified atom stereocenters. The summed E-state index contributed by atoms with van der Waals surface area (Å²) < 4.78 is 7.14. The van der Waals surface area contributed by atoms with E-state index in [1.54, 1.807) is 13.3 Å². The molecule has 0 radical (unpaired) electrons. The van der Waals surface area contributed by atoms with Crippen molar-refractivity contribution < 1.29 is 4.74 Å². The molecule has 1 saturated heterocycles. The molecule has 1 aromatic heterocycles. The van der Waals surface area contributed by atoms with Gasteiger partial charge in [0, 0.05) is 7.11 Å². The molecule has 18 heavy (non-hydrogen) atoms. The van der Waals surface area contributed by atoms with Gasteiger partial charge in [-0.2, -0.15) is 5.10 Å². The maximum absolute atomic E-state index is 6.37. The Bertz CT molecular complexity index is 386. The van der Waals surface area contributed by atoms with Crippen LogP contribution in [0, 0.1) is 0 Å². The van der Waals surface area contributed by atoms with Crippen LogP contribution >= 0.6 is 11.6 Å². The van der Waals surface area contributed by atoms with Gasteiger partial charge in [0.1, 0.15) is 0 Å². The van der Waals surface area contributed by atoms with Crippen molar-refractivity contribution in [2.45, 2.75) is 44.7 Å². The van der Waals surface area contributed by atoms with Gasteiger partial charge in [-0.1, -0.05) is 24.9 Å². The summed E-state index contributed by atoms with van der Waals surface area (Å²) in [4.78, 5) is 0. The van der Waals surface area contributed by atoms with Gasteiger partial charge in [-0.3, -0.25) is 4.68 Å². The highest BCUT2D eigenvalue weighted by atomic mass is 35.5. The molecule has 1 aliphatic rings. The van der Waals surface area contributed by atoms with Crippen LogP contribution in [0.25, 0.3) is 0 Å². The van der Waals surface area contributed by atoms with Crippen molar-refractivity contribution in [3.63, 3.8) is 0 Å². The molecule has 0 amide bonds. The lowest BCUT2D eigenvalue weighted by Crippen LogP contribution is -2.39. The Morgan fingerprint density at radius 2 is 2.44 bits per heavy atom. The molecule has 0 bridgehead atoms. The van der Waals surface area contributed by atoms with E-state index in [1.165, 1.54) is 6.42 Å². The van der Waals surface area contributed by atoms with Crippen molar-refractivity contribution in [3.05, 3.63) is 16.9 Å². The van der Waals surface area contributed by atoms with Crippen molar-refractivity contribution in [2.75, 3.05) is 20.3 Å². The van der Waals surface area contributed by atoms with Crippen LogP contribution in [0.2, 0.25) is 5.02 Å². The summed E-state index contributed by atoms with van der Waals surface area (Å²) in [6.07, 6.45) is 6.33. The predicted molar refractivity (Wildman–Crippen MR) is 72.9 cm³/mol. The summed E-state index contributed by atoms with van der Waals surface area (Å²) in [7, 11) is 1.71. The van der Waals surface area contributed by atoms with E-state index in [0.717, 1.165) is 43.1 Å². The van der Waals surface area contributed by atoms with Gasteiger partial charge >= 0.3 is 0 Å². The average Bonchev–Trinajstić information content (AvgIpc) is 2.95. The van der Waals surface area contributed by atoms with Gasteiger partial charge in [0.2, 0.25) is 0 Å². The van der Waals surface area contributed by atoms with Gasteiger partial charge in [0.15, 0.2) is 0 Å². The highest BCUT2D eigenvalue weighted by molar-refractivity contribution is 6.31. The van der Waals surface area contributed by atoms with Crippen molar-refractivity contribution >= 4 is 11.6 Å². The average molecular weight is 272 g/mol. The van der Waals surface area contributed by atoms with Crippen LogP contribution in [-0.2, 0) is 16.8 Å². The van der Waals surface area contributed by atoms with E-state index < -0.39 is 0 Å². The molecule has 102 valence electrons. The Labute approximate surface area is 114 Å². The van der Waals surface area contributed by atoms with Crippen molar-refractivity contribution in [3.8, 4) is 0 Å². The van der Waals surface area contributed by atoms with Gasteiger partial charge < -0.3 is 10.1 Å². The Morgan fingerprint density at radius 3 is 3.06 bits per heavy atom. The van der Waals surface area contributed by atoms with Gasteiger partial charge in [-0.25, -0.2) is 0 Å². The first-order valence-corrected chi connectivity index (χ1v) is 7.07. The van der Waals surface area contributed by atoms with Crippen molar-refractivity contribution in [1.29, 1.82) is 0 Å². The minimum Gasteiger partial charge on any atom is -0.383 e. The van der Waals surface area contributed by atoms with E-state index in [1.807, 2.05) is 4.68 Å². The number of hydrogen-bond acceptors (Lipinski definition) is 3. The fourth-order valence-corrected chi connectivity index (χ4v) is 3.27. The molecule has 1 aliphatic heterocycles. The summed E-state index contributed by atoms with van der Waals surface area (Å²) in [6, 6.07) is 0. The van der Waals surface area contributed by atoms with Crippen LogP contribution in [0.5, 0.6) is 0 Å². The monoisotopic (exact) mass is 271 g/mol. The Hall–Kier alpha value is -0.580. The smallest absolute Gasteiger partial charge is 0.0837 e. The van der Waals surface area contributed by atoms with E-state index >= 15 is 0 Å². The summed E-state index contributed by atoms with van der Waals surface area (Å²) in [5.74, 6) is 0. The second-order valence-corrected chi connectivity index (χ2v) is 5.33. The fraction of sp³-hybridized carbons (Fsp3) is 0.769. The number of methoxy groups -OCH3 is 1. The number of hydrogen-bond donors (Lipinski definition) is 1. The van der Waals surface area contributed by atoms with Crippen LogP contribution in [-0.4, -0.2) is 30.0 Å². The number of rotatable bonds is 6. The summed E-state index contributed by atoms with van der Waals surface area (Å²) in [6.45, 7) is 4.69. The van der Waals surface area contributed by atoms with Crippen LogP contribution in [0.4, 0.5) is 0 Å². The molecular formula is C13H22ClN3O. The Kier molecular flexibility index (Phi) is 4.65. The second kappa shape index (κ2) is 6.04. The molecule has 1 aromatic rings. The fourth-order valence-electron chi connectivity index (χ4n) is 2.95. The predicted octanol–water partition coefficient (Wildman–Crippen LogP) is 2.56. The molecule has 1 fully saturated rings. The van der Waals surface area contributed by atoms with Gasteiger partial charge in [0.05, 0.1) is 35.6 Å². The molecule has 0 spiro atoms. The van der Waals surface area contributed by atoms with E-state index in [4.69, 9.17) is 16.3 Å². The molecule has 4 nitrogen and oxygen atoms in total. The van der Waals surface area contributed by atoms with Gasteiger partial charge in [0.25, 0.3) is 0 Å².